The molecule has 5 rings (SSSR count). The lowest BCUT2D eigenvalue weighted by Crippen LogP contribution is -2.60. The maximum absolute atomic E-state index is 13.1. The van der Waals surface area contributed by atoms with Gasteiger partial charge in [0.2, 0.25) is 5.78 Å². The van der Waals surface area contributed by atoms with Crippen molar-refractivity contribution in [3.63, 3.8) is 0 Å². The number of aliphatic hydroxyl groups is 1. The van der Waals surface area contributed by atoms with E-state index in [9.17, 15) is 14.7 Å². The van der Waals surface area contributed by atoms with Gasteiger partial charge in [-0.15, -0.1) is 0 Å². The summed E-state index contributed by atoms with van der Waals surface area (Å²) in [6, 6.07) is 0.0724. The summed E-state index contributed by atoms with van der Waals surface area (Å²) in [7, 11) is 2.11. The number of likely N-dealkylation sites (N-methyl/N-ethyl adjacent to an activating group) is 1. The molecule has 0 bridgehead atoms. The number of rotatable bonds is 5. The summed E-state index contributed by atoms with van der Waals surface area (Å²) in [5.41, 5.74) is 4.31. The van der Waals surface area contributed by atoms with Crippen molar-refractivity contribution in [1.29, 1.82) is 0 Å². The van der Waals surface area contributed by atoms with Gasteiger partial charge in [-0.2, -0.15) is 0 Å². The number of piperazine rings is 1. The average molecular weight is 578 g/mol. The molecule has 0 radical (unpaired) electrons. The molecule has 0 aromatic rings. The van der Waals surface area contributed by atoms with Crippen molar-refractivity contribution in [3.8, 4) is 0 Å². The molecule has 2 amide bonds. The van der Waals surface area contributed by atoms with Gasteiger partial charge in [-0.3, -0.25) is 4.79 Å². The van der Waals surface area contributed by atoms with E-state index in [-0.39, 0.29) is 44.6 Å². The van der Waals surface area contributed by atoms with Gasteiger partial charge in [0.15, 0.2) is 5.76 Å². The second-order valence-electron chi connectivity index (χ2n) is 16.0. The number of allylic oxidation sites excluding steroid dienone is 7. The first-order valence-corrected chi connectivity index (χ1v) is 16.3. The number of ketones is 1. The summed E-state index contributed by atoms with van der Waals surface area (Å²) in [4.78, 5) is 30.1. The Morgan fingerprint density at radius 2 is 1.71 bits per heavy atom. The van der Waals surface area contributed by atoms with Crippen LogP contribution >= 0.6 is 0 Å². The van der Waals surface area contributed by atoms with Crippen LogP contribution in [0.4, 0.5) is 4.79 Å². The number of nitrogens with zero attached hydrogens (tertiary/aromatic N) is 2. The fourth-order valence-electron chi connectivity index (χ4n) is 9.53. The zero-order valence-electron chi connectivity index (χ0n) is 27.7. The summed E-state index contributed by atoms with van der Waals surface area (Å²) >= 11 is 0. The van der Waals surface area contributed by atoms with Crippen molar-refractivity contribution in [2.45, 2.75) is 93.9 Å². The summed E-state index contributed by atoms with van der Waals surface area (Å²) in [5.74, 6) is 0.115. The fraction of sp³-hybridized carbons (Fsp3) is 0.722. The van der Waals surface area contributed by atoms with Crippen molar-refractivity contribution in [2.75, 3.05) is 39.8 Å². The van der Waals surface area contributed by atoms with Gasteiger partial charge in [-0.1, -0.05) is 72.6 Å². The van der Waals surface area contributed by atoms with Gasteiger partial charge in [0.1, 0.15) is 0 Å². The predicted molar refractivity (Wildman–Crippen MR) is 170 cm³/mol. The average Bonchev–Trinajstić information content (AvgIpc) is 2.95. The first-order valence-electron chi connectivity index (χ1n) is 16.3. The Morgan fingerprint density at radius 3 is 2.36 bits per heavy atom. The van der Waals surface area contributed by atoms with Crippen molar-refractivity contribution in [2.24, 2.45) is 33.0 Å². The first kappa shape index (κ1) is 31.1. The van der Waals surface area contributed by atoms with Crippen molar-refractivity contribution in [3.05, 3.63) is 46.3 Å². The number of urea groups is 1. The predicted octanol–water partition coefficient (Wildman–Crippen LogP) is 7.21. The van der Waals surface area contributed by atoms with Gasteiger partial charge >= 0.3 is 6.03 Å². The SMILES string of the molecule is CC[C@]1(C)CC[C@]2(C)C3=CC=C4C(=CC(=O)C(O)=C4C)[C@]3(C)CC[C@@]2(C)[C@@H]1CC(C)(C)CNC(=O)N1CCN(C)CC1. The van der Waals surface area contributed by atoms with Gasteiger partial charge in [-0.05, 0) is 90.9 Å². The van der Waals surface area contributed by atoms with E-state index in [1.54, 1.807) is 6.08 Å². The van der Waals surface area contributed by atoms with E-state index in [4.69, 9.17) is 0 Å². The molecule has 232 valence electrons. The molecule has 0 aromatic carbocycles. The first-order chi connectivity index (χ1) is 19.5. The van der Waals surface area contributed by atoms with E-state index in [0.717, 1.165) is 69.4 Å². The minimum absolute atomic E-state index is 0.0124. The number of nitrogens with one attached hydrogen (secondary N) is 1. The molecule has 42 heavy (non-hydrogen) atoms. The van der Waals surface area contributed by atoms with Crippen molar-refractivity contribution < 1.29 is 14.7 Å². The third-order valence-electron chi connectivity index (χ3n) is 13.0. The van der Waals surface area contributed by atoms with E-state index in [2.05, 4.69) is 77.9 Å². The van der Waals surface area contributed by atoms with Gasteiger partial charge in [0, 0.05) is 43.7 Å². The Labute approximate surface area is 254 Å². The number of carbonyl (C=O) groups excluding carboxylic acids is 2. The van der Waals surface area contributed by atoms with Crippen LogP contribution in [0.15, 0.2) is 46.3 Å². The van der Waals surface area contributed by atoms with Crippen molar-refractivity contribution in [1.82, 2.24) is 15.1 Å². The highest BCUT2D eigenvalue weighted by atomic mass is 16.3. The third kappa shape index (κ3) is 4.71. The number of hydrogen-bond acceptors (Lipinski definition) is 4. The van der Waals surface area contributed by atoms with E-state index in [1.165, 1.54) is 12.0 Å². The van der Waals surface area contributed by atoms with E-state index < -0.39 is 0 Å². The summed E-state index contributed by atoms with van der Waals surface area (Å²) in [5, 5.41) is 13.7. The summed E-state index contributed by atoms with van der Waals surface area (Å²) in [6.07, 6.45) is 12.8. The smallest absolute Gasteiger partial charge is 0.317 e. The number of hydrogen-bond donors (Lipinski definition) is 2. The van der Waals surface area contributed by atoms with Crippen LogP contribution in [-0.4, -0.2) is 66.5 Å². The molecular weight excluding hydrogens is 522 g/mol. The Morgan fingerprint density at radius 1 is 1.05 bits per heavy atom. The van der Waals surface area contributed by atoms with Gasteiger partial charge in [-0.25, -0.2) is 4.79 Å². The van der Waals surface area contributed by atoms with Crippen molar-refractivity contribution >= 4 is 11.8 Å². The molecule has 5 aliphatic rings. The number of fused-ring (bicyclic) bond motifs is 5. The normalized spacial score (nSPS) is 37.3. The third-order valence-corrected chi connectivity index (χ3v) is 13.0. The number of aliphatic hydroxyl groups excluding tert-OH is 1. The standard InChI is InChI=1S/C36H55N3O3/c1-10-33(5)13-15-35(7)28-12-11-25-24(2)30(41)27(40)21-26(25)34(28,6)14-16-36(35,8)29(33)22-32(3,4)23-37-31(42)39-19-17-38(9)18-20-39/h11-12,21,29,41H,10,13-20,22-23H2,1-9H3,(H,37,42)/t29-,33-,34+,35-,36+/m1/s1. The molecule has 5 atom stereocenters. The van der Waals surface area contributed by atoms with Crippen LogP contribution in [0, 0.1) is 33.0 Å². The van der Waals surface area contributed by atoms with Crippen LogP contribution < -0.4 is 5.32 Å². The van der Waals surface area contributed by atoms with Gasteiger partial charge in [0.05, 0.1) is 0 Å². The Balaban J connectivity index is 1.44. The number of carbonyl (C=O) groups is 2. The maximum Gasteiger partial charge on any atom is 0.317 e. The molecule has 1 saturated heterocycles. The van der Waals surface area contributed by atoms with Crippen LogP contribution in [0.1, 0.15) is 93.9 Å². The molecule has 1 heterocycles. The second-order valence-corrected chi connectivity index (χ2v) is 16.0. The van der Waals surface area contributed by atoms with E-state index in [1.807, 2.05) is 11.8 Å². The Hall–Kier alpha value is -2.34. The largest absolute Gasteiger partial charge is 0.504 e. The molecule has 3 fully saturated rings. The molecule has 0 unspecified atom stereocenters. The Bertz CT molecular complexity index is 1280. The van der Waals surface area contributed by atoms with Crippen LogP contribution in [0.25, 0.3) is 0 Å². The zero-order chi connectivity index (χ0) is 30.9. The molecule has 4 aliphatic carbocycles. The highest BCUT2D eigenvalue weighted by Crippen LogP contribution is 2.74. The minimum atomic E-state index is -0.263. The molecule has 0 aromatic heterocycles. The van der Waals surface area contributed by atoms with E-state index in [0.29, 0.717) is 18.0 Å². The lowest BCUT2D eigenvalue weighted by Gasteiger charge is -2.68. The number of amides is 2. The maximum atomic E-state index is 13.1. The van der Waals surface area contributed by atoms with Crippen LogP contribution in [0.3, 0.4) is 0 Å². The van der Waals surface area contributed by atoms with E-state index >= 15 is 0 Å². The van der Waals surface area contributed by atoms with Gasteiger partial charge < -0.3 is 20.2 Å². The molecule has 6 heteroatoms. The molecule has 2 saturated carbocycles. The second kappa shape index (κ2) is 10.4. The molecule has 0 spiro atoms. The topological polar surface area (TPSA) is 72.9 Å². The fourth-order valence-corrected chi connectivity index (χ4v) is 9.53. The van der Waals surface area contributed by atoms with Crippen LogP contribution in [-0.2, 0) is 4.79 Å². The lowest BCUT2D eigenvalue weighted by molar-refractivity contribution is -0.138. The van der Waals surface area contributed by atoms with Crippen LogP contribution in [0.5, 0.6) is 0 Å². The van der Waals surface area contributed by atoms with Gasteiger partial charge in [0.25, 0.3) is 0 Å². The summed E-state index contributed by atoms with van der Waals surface area (Å²) in [6.45, 7) is 22.9. The zero-order valence-corrected chi connectivity index (χ0v) is 27.7. The minimum Gasteiger partial charge on any atom is -0.504 e. The van der Waals surface area contributed by atoms with Crippen LogP contribution in [0.2, 0.25) is 0 Å². The molecular formula is C36H55N3O3. The Kier molecular flexibility index (Phi) is 7.69. The molecule has 1 aliphatic heterocycles. The monoisotopic (exact) mass is 577 g/mol. The highest BCUT2D eigenvalue weighted by Gasteiger charge is 2.65. The molecule has 6 nitrogen and oxygen atoms in total. The highest BCUT2D eigenvalue weighted by molar-refractivity contribution is 6.06. The summed E-state index contributed by atoms with van der Waals surface area (Å²) < 4.78 is 0. The quantitative estimate of drug-likeness (QED) is 0.362. The molecule has 2 N–H and O–H groups in total. The lowest BCUT2D eigenvalue weighted by atomic mass is 9.36.